The van der Waals surface area contributed by atoms with Gasteiger partial charge in [-0.25, -0.2) is 4.99 Å². The lowest BCUT2D eigenvalue weighted by Gasteiger charge is -2.20. The fraction of sp³-hybridized carbons (Fsp3) is 0.400. The molecule has 1 atom stereocenters. The minimum atomic E-state index is -0.255. The van der Waals surface area contributed by atoms with Gasteiger partial charge in [-0.05, 0) is 43.2 Å². The first kappa shape index (κ1) is 21.4. The second-order valence-electron chi connectivity index (χ2n) is 6.31. The molecule has 0 amide bonds. The Hall–Kier alpha value is -1.87. The number of nitrogens with zero attached hydrogens (tertiary/aromatic N) is 3. The van der Waals surface area contributed by atoms with Crippen molar-refractivity contribution in [1.29, 1.82) is 0 Å². The average Bonchev–Trinajstić information content (AvgIpc) is 3.11. The molecule has 0 bridgehead atoms. The molecule has 2 heterocycles. The maximum Gasteiger partial charge on any atom is 0.194 e. The number of guanidine groups is 1. The van der Waals surface area contributed by atoms with Crippen LogP contribution in [0, 0.1) is 0 Å². The van der Waals surface area contributed by atoms with Gasteiger partial charge in [0.15, 0.2) is 5.96 Å². The van der Waals surface area contributed by atoms with Crippen LogP contribution in [0.5, 0.6) is 5.75 Å². The Kier molecular flexibility index (Phi) is 8.80. The number of aliphatic imine (C=N–C) groups is 1. The number of pyridine rings is 1. The maximum absolute atomic E-state index is 9.72. The fourth-order valence-electron chi connectivity index (χ4n) is 2.86. The van der Waals surface area contributed by atoms with Gasteiger partial charge in [-0.1, -0.05) is 18.2 Å². The van der Waals surface area contributed by atoms with E-state index in [2.05, 4.69) is 22.1 Å². The third kappa shape index (κ3) is 6.66. The van der Waals surface area contributed by atoms with E-state index in [1.54, 1.807) is 6.20 Å². The van der Waals surface area contributed by atoms with Crippen LogP contribution in [0.1, 0.15) is 24.6 Å². The summed E-state index contributed by atoms with van der Waals surface area (Å²) in [4.78, 5) is 11.1. The van der Waals surface area contributed by atoms with Gasteiger partial charge in [0, 0.05) is 25.8 Å². The first-order valence-corrected chi connectivity index (χ1v) is 9.07. The van der Waals surface area contributed by atoms with Crippen molar-refractivity contribution in [2.45, 2.75) is 32.6 Å². The Bertz CT molecular complexity index is 710. The molecule has 2 aromatic rings. The Morgan fingerprint density at radius 1 is 1.30 bits per heavy atom. The summed E-state index contributed by atoms with van der Waals surface area (Å²) >= 11 is 0. The molecule has 0 saturated carbocycles. The number of halogens is 1. The highest BCUT2D eigenvalue weighted by atomic mass is 127. The largest absolute Gasteiger partial charge is 0.487 e. The molecule has 0 spiro atoms. The summed E-state index contributed by atoms with van der Waals surface area (Å²) in [5, 5.41) is 13.0. The molecule has 1 aromatic heterocycles. The minimum absolute atomic E-state index is 0. The third-order valence-corrected chi connectivity index (χ3v) is 4.25. The van der Waals surface area contributed by atoms with E-state index in [1.807, 2.05) is 42.5 Å². The van der Waals surface area contributed by atoms with E-state index in [-0.39, 0.29) is 30.1 Å². The SMILES string of the molecule is CCNC(=NCc1ccc(OCc2ccccn2)cc1)N1CC[C@@H](O)C1.I. The normalized spacial score (nSPS) is 16.7. The third-order valence-electron chi connectivity index (χ3n) is 4.25. The van der Waals surface area contributed by atoms with Crippen molar-refractivity contribution in [2.24, 2.45) is 4.99 Å². The van der Waals surface area contributed by atoms with Crippen LogP contribution in [0.2, 0.25) is 0 Å². The zero-order valence-corrected chi connectivity index (χ0v) is 17.9. The number of rotatable bonds is 6. The Morgan fingerprint density at radius 2 is 2.11 bits per heavy atom. The molecular formula is C20H27IN4O2. The van der Waals surface area contributed by atoms with Crippen LogP contribution in [0.15, 0.2) is 53.7 Å². The summed E-state index contributed by atoms with van der Waals surface area (Å²) in [6.07, 6.45) is 2.31. The summed E-state index contributed by atoms with van der Waals surface area (Å²) < 4.78 is 5.76. The van der Waals surface area contributed by atoms with Crippen molar-refractivity contribution in [3.05, 3.63) is 59.9 Å². The molecule has 1 fully saturated rings. The molecule has 1 aliphatic heterocycles. The number of β-amino-alcohol motifs (C(OH)–C–C–N with tert-alkyl or cyclic N) is 1. The fourth-order valence-corrected chi connectivity index (χ4v) is 2.86. The topological polar surface area (TPSA) is 70.0 Å². The molecule has 1 aliphatic rings. The van der Waals surface area contributed by atoms with Crippen molar-refractivity contribution in [3.8, 4) is 5.75 Å². The van der Waals surface area contributed by atoms with E-state index in [4.69, 9.17) is 9.73 Å². The van der Waals surface area contributed by atoms with Gasteiger partial charge in [-0.3, -0.25) is 4.98 Å². The first-order chi connectivity index (χ1) is 12.7. The summed E-state index contributed by atoms with van der Waals surface area (Å²) in [5.41, 5.74) is 2.02. The maximum atomic E-state index is 9.72. The standard InChI is InChI=1S/C20H26N4O2.HI/c1-2-21-20(24-12-10-18(25)14-24)23-13-16-6-8-19(9-7-16)26-15-17-5-3-4-11-22-17;/h3-9,11,18,25H,2,10,12-15H2,1H3,(H,21,23);1H/t18-;/m1./s1. The second kappa shape index (κ2) is 11.1. The summed E-state index contributed by atoms with van der Waals surface area (Å²) in [6, 6.07) is 13.8. The number of ether oxygens (including phenoxy) is 1. The molecular weight excluding hydrogens is 455 g/mol. The molecule has 0 radical (unpaired) electrons. The van der Waals surface area contributed by atoms with Crippen molar-refractivity contribution in [1.82, 2.24) is 15.2 Å². The van der Waals surface area contributed by atoms with Crippen molar-refractivity contribution in [2.75, 3.05) is 19.6 Å². The van der Waals surface area contributed by atoms with Crippen LogP contribution in [0.25, 0.3) is 0 Å². The lowest BCUT2D eigenvalue weighted by Crippen LogP contribution is -2.40. The van der Waals surface area contributed by atoms with Gasteiger partial charge >= 0.3 is 0 Å². The van der Waals surface area contributed by atoms with Crippen LogP contribution in [0.4, 0.5) is 0 Å². The highest BCUT2D eigenvalue weighted by Crippen LogP contribution is 2.15. The first-order valence-electron chi connectivity index (χ1n) is 9.07. The van der Waals surface area contributed by atoms with Gasteiger partial charge in [0.1, 0.15) is 12.4 Å². The number of likely N-dealkylation sites (tertiary alicyclic amines) is 1. The predicted octanol–water partition coefficient (Wildman–Crippen LogP) is 2.81. The molecule has 6 nitrogen and oxygen atoms in total. The monoisotopic (exact) mass is 482 g/mol. The Labute approximate surface area is 177 Å². The molecule has 27 heavy (non-hydrogen) atoms. The number of aliphatic hydroxyl groups excluding tert-OH is 1. The van der Waals surface area contributed by atoms with E-state index >= 15 is 0 Å². The second-order valence-corrected chi connectivity index (χ2v) is 6.31. The lowest BCUT2D eigenvalue weighted by atomic mass is 10.2. The van der Waals surface area contributed by atoms with E-state index < -0.39 is 0 Å². The van der Waals surface area contributed by atoms with Crippen molar-refractivity contribution in [3.63, 3.8) is 0 Å². The zero-order chi connectivity index (χ0) is 18.2. The van der Waals surface area contributed by atoms with Gasteiger partial charge in [-0.2, -0.15) is 0 Å². The van der Waals surface area contributed by atoms with Crippen LogP contribution in [0.3, 0.4) is 0 Å². The summed E-state index contributed by atoms with van der Waals surface area (Å²) in [7, 11) is 0. The summed E-state index contributed by atoms with van der Waals surface area (Å²) in [6.45, 7) is 5.40. The van der Waals surface area contributed by atoms with E-state index in [0.717, 1.165) is 42.5 Å². The molecule has 146 valence electrons. The highest BCUT2D eigenvalue weighted by molar-refractivity contribution is 14.0. The molecule has 0 unspecified atom stereocenters. The van der Waals surface area contributed by atoms with Gasteiger partial charge in [0.25, 0.3) is 0 Å². The number of hydrogen-bond donors (Lipinski definition) is 2. The van der Waals surface area contributed by atoms with E-state index in [9.17, 15) is 5.11 Å². The lowest BCUT2D eigenvalue weighted by molar-refractivity contribution is 0.188. The van der Waals surface area contributed by atoms with Crippen molar-refractivity contribution >= 4 is 29.9 Å². The number of nitrogens with one attached hydrogen (secondary N) is 1. The van der Waals surface area contributed by atoms with Crippen LogP contribution in [-0.4, -0.2) is 46.7 Å². The van der Waals surface area contributed by atoms with Crippen LogP contribution < -0.4 is 10.1 Å². The van der Waals surface area contributed by atoms with Gasteiger partial charge in [-0.15, -0.1) is 24.0 Å². The average molecular weight is 482 g/mol. The quantitative estimate of drug-likeness (QED) is 0.377. The van der Waals surface area contributed by atoms with Crippen LogP contribution >= 0.6 is 24.0 Å². The van der Waals surface area contributed by atoms with E-state index in [0.29, 0.717) is 19.7 Å². The number of aliphatic hydroxyl groups is 1. The van der Waals surface area contributed by atoms with E-state index in [1.165, 1.54) is 0 Å². The Balaban J connectivity index is 0.00000261. The Morgan fingerprint density at radius 3 is 2.74 bits per heavy atom. The molecule has 1 saturated heterocycles. The summed E-state index contributed by atoms with van der Waals surface area (Å²) in [5.74, 6) is 1.68. The number of aromatic nitrogens is 1. The predicted molar refractivity (Wildman–Crippen MR) is 117 cm³/mol. The zero-order valence-electron chi connectivity index (χ0n) is 15.5. The van der Waals surface area contributed by atoms with Crippen LogP contribution in [-0.2, 0) is 13.2 Å². The minimum Gasteiger partial charge on any atom is -0.487 e. The van der Waals surface area contributed by atoms with Gasteiger partial charge in [0.2, 0.25) is 0 Å². The van der Waals surface area contributed by atoms with Crippen molar-refractivity contribution < 1.29 is 9.84 Å². The number of benzene rings is 1. The van der Waals surface area contributed by atoms with Gasteiger partial charge in [0.05, 0.1) is 18.3 Å². The molecule has 0 aliphatic carbocycles. The van der Waals surface area contributed by atoms with Gasteiger partial charge < -0.3 is 20.1 Å². The molecule has 3 rings (SSSR count). The molecule has 1 aromatic carbocycles. The highest BCUT2D eigenvalue weighted by Gasteiger charge is 2.22. The molecule has 7 heteroatoms. The molecule has 2 N–H and O–H groups in total. The smallest absolute Gasteiger partial charge is 0.194 e. The number of hydrogen-bond acceptors (Lipinski definition) is 4.